The number of benzene rings is 3. The summed E-state index contributed by atoms with van der Waals surface area (Å²) in [7, 11) is 0. The SMILES string of the molecule is CCc1ccc2c(c1-c1cc(C)c(C)c(C)c1)C=C(c1occ3ccccc13)C2. The lowest BCUT2D eigenvalue weighted by atomic mass is 9.88. The van der Waals surface area contributed by atoms with Crippen LogP contribution in [-0.4, -0.2) is 0 Å². The van der Waals surface area contributed by atoms with Crippen LogP contribution in [0.25, 0.3) is 33.5 Å². The maximum atomic E-state index is 6.02. The highest BCUT2D eigenvalue weighted by atomic mass is 16.3. The summed E-state index contributed by atoms with van der Waals surface area (Å²) in [4.78, 5) is 0. The zero-order valence-corrected chi connectivity index (χ0v) is 17.6. The number of furan rings is 1. The first-order chi connectivity index (χ1) is 14.1. The molecule has 1 nitrogen and oxygen atoms in total. The molecule has 1 aliphatic rings. The molecule has 0 fully saturated rings. The maximum absolute atomic E-state index is 6.02. The number of hydrogen-bond donors (Lipinski definition) is 0. The van der Waals surface area contributed by atoms with Crippen molar-refractivity contribution in [2.75, 3.05) is 0 Å². The van der Waals surface area contributed by atoms with Gasteiger partial charge < -0.3 is 4.42 Å². The van der Waals surface area contributed by atoms with Crippen molar-refractivity contribution in [2.45, 2.75) is 40.5 Å². The Morgan fingerprint density at radius 2 is 1.69 bits per heavy atom. The Bertz CT molecular complexity index is 1260. The molecule has 4 aromatic rings. The first kappa shape index (κ1) is 18.0. The van der Waals surface area contributed by atoms with Crippen LogP contribution in [0.3, 0.4) is 0 Å². The van der Waals surface area contributed by atoms with Gasteiger partial charge in [-0.1, -0.05) is 55.5 Å². The van der Waals surface area contributed by atoms with Gasteiger partial charge in [0, 0.05) is 22.8 Å². The van der Waals surface area contributed by atoms with Gasteiger partial charge in [0.05, 0.1) is 6.26 Å². The third-order valence-corrected chi connectivity index (χ3v) is 6.52. The lowest BCUT2D eigenvalue weighted by molar-refractivity contribution is 0.557. The molecule has 1 heterocycles. The first-order valence-electron chi connectivity index (χ1n) is 10.5. The smallest absolute Gasteiger partial charge is 0.138 e. The van der Waals surface area contributed by atoms with E-state index >= 15 is 0 Å². The largest absolute Gasteiger partial charge is 0.463 e. The van der Waals surface area contributed by atoms with Crippen LogP contribution in [0.4, 0.5) is 0 Å². The molecule has 0 aliphatic heterocycles. The average Bonchev–Trinajstić information content (AvgIpc) is 3.34. The lowest BCUT2D eigenvalue weighted by Gasteiger charge is -2.16. The molecular weight excluding hydrogens is 352 g/mol. The van der Waals surface area contributed by atoms with Gasteiger partial charge in [0.2, 0.25) is 0 Å². The maximum Gasteiger partial charge on any atom is 0.138 e. The highest BCUT2D eigenvalue weighted by Crippen LogP contribution is 2.42. The van der Waals surface area contributed by atoms with E-state index in [4.69, 9.17) is 4.42 Å². The van der Waals surface area contributed by atoms with Crippen LogP contribution in [-0.2, 0) is 12.8 Å². The Morgan fingerprint density at radius 3 is 2.45 bits per heavy atom. The monoisotopic (exact) mass is 378 g/mol. The van der Waals surface area contributed by atoms with E-state index in [1.54, 1.807) is 0 Å². The lowest BCUT2D eigenvalue weighted by Crippen LogP contribution is -1.96. The van der Waals surface area contributed by atoms with E-state index in [-0.39, 0.29) is 0 Å². The van der Waals surface area contributed by atoms with E-state index < -0.39 is 0 Å². The highest BCUT2D eigenvalue weighted by Gasteiger charge is 2.23. The van der Waals surface area contributed by atoms with Gasteiger partial charge in [0.25, 0.3) is 0 Å². The second-order valence-corrected chi connectivity index (χ2v) is 8.26. The molecule has 0 amide bonds. The van der Waals surface area contributed by atoms with E-state index in [1.807, 2.05) is 6.26 Å². The second-order valence-electron chi connectivity index (χ2n) is 8.26. The van der Waals surface area contributed by atoms with Gasteiger partial charge in [-0.15, -0.1) is 0 Å². The van der Waals surface area contributed by atoms with E-state index in [2.05, 4.69) is 82.3 Å². The van der Waals surface area contributed by atoms with Crippen molar-refractivity contribution in [3.8, 4) is 11.1 Å². The Labute approximate surface area is 172 Å². The standard InChI is InChI=1S/C28H26O/c1-5-20-10-11-21-14-24(28-25-9-7-6-8-22(25)16-29-28)15-26(21)27(20)23-12-17(2)19(4)18(3)13-23/h6-13,15-16H,5,14H2,1-4H3. The fraction of sp³-hybridized carbons (Fsp3) is 0.214. The van der Waals surface area contributed by atoms with Gasteiger partial charge in [0.1, 0.15) is 5.76 Å². The summed E-state index contributed by atoms with van der Waals surface area (Å²) in [5.74, 6) is 1.01. The van der Waals surface area contributed by atoms with Crippen LogP contribution in [0.2, 0.25) is 0 Å². The number of aryl methyl sites for hydroxylation is 3. The molecule has 0 bridgehead atoms. The van der Waals surface area contributed by atoms with E-state index in [9.17, 15) is 0 Å². The average molecular weight is 379 g/mol. The van der Waals surface area contributed by atoms with Crippen LogP contribution in [0, 0.1) is 20.8 Å². The Kier molecular flexibility index (Phi) is 4.20. The number of rotatable bonds is 3. The summed E-state index contributed by atoms with van der Waals surface area (Å²) in [6.07, 6.45) is 6.19. The zero-order chi connectivity index (χ0) is 20.1. The topological polar surface area (TPSA) is 13.1 Å². The molecule has 29 heavy (non-hydrogen) atoms. The van der Waals surface area contributed by atoms with Crippen molar-refractivity contribution in [3.63, 3.8) is 0 Å². The van der Waals surface area contributed by atoms with Crippen LogP contribution in [0.15, 0.2) is 59.2 Å². The molecule has 5 rings (SSSR count). The minimum Gasteiger partial charge on any atom is -0.463 e. The number of hydrogen-bond acceptors (Lipinski definition) is 1. The van der Waals surface area contributed by atoms with Gasteiger partial charge in [-0.2, -0.15) is 0 Å². The summed E-state index contributed by atoms with van der Waals surface area (Å²) in [6.45, 7) is 8.90. The Morgan fingerprint density at radius 1 is 0.931 bits per heavy atom. The van der Waals surface area contributed by atoms with Crippen molar-refractivity contribution < 1.29 is 4.42 Å². The predicted octanol–water partition coefficient (Wildman–Crippen LogP) is 7.68. The van der Waals surface area contributed by atoms with Crippen LogP contribution in [0.1, 0.15) is 46.1 Å². The van der Waals surface area contributed by atoms with Crippen molar-refractivity contribution >= 4 is 22.4 Å². The van der Waals surface area contributed by atoms with Gasteiger partial charge in [-0.05, 0) is 77.8 Å². The molecule has 0 radical (unpaired) electrons. The van der Waals surface area contributed by atoms with Gasteiger partial charge in [-0.3, -0.25) is 0 Å². The van der Waals surface area contributed by atoms with Gasteiger partial charge in [0.15, 0.2) is 0 Å². The molecule has 0 atom stereocenters. The molecule has 1 aromatic heterocycles. The molecule has 1 aliphatic carbocycles. The normalized spacial score (nSPS) is 13.0. The van der Waals surface area contributed by atoms with Crippen molar-refractivity contribution in [1.82, 2.24) is 0 Å². The minimum absolute atomic E-state index is 0.924. The third-order valence-electron chi connectivity index (χ3n) is 6.52. The van der Waals surface area contributed by atoms with Crippen LogP contribution >= 0.6 is 0 Å². The van der Waals surface area contributed by atoms with E-state index in [0.29, 0.717) is 0 Å². The third kappa shape index (κ3) is 2.84. The summed E-state index contributed by atoms with van der Waals surface area (Å²) in [5.41, 5.74) is 12.3. The number of allylic oxidation sites excluding steroid dienone is 1. The van der Waals surface area contributed by atoms with Crippen molar-refractivity contribution in [3.05, 3.63) is 93.9 Å². The molecule has 0 unspecified atom stereocenters. The second kappa shape index (κ2) is 6.77. The fourth-order valence-electron chi connectivity index (χ4n) is 4.66. The minimum atomic E-state index is 0.924. The Balaban J connectivity index is 1.71. The van der Waals surface area contributed by atoms with Crippen LogP contribution < -0.4 is 0 Å². The molecule has 0 N–H and O–H groups in total. The molecule has 0 saturated heterocycles. The summed E-state index contributed by atoms with van der Waals surface area (Å²) in [6, 6.07) is 17.7. The number of fused-ring (bicyclic) bond motifs is 2. The van der Waals surface area contributed by atoms with Gasteiger partial charge in [-0.25, -0.2) is 0 Å². The molecule has 0 saturated carbocycles. The van der Waals surface area contributed by atoms with Crippen molar-refractivity contribution in [2.24, 2.45) is 0 Å². The van der Waals surface area contributed by atoms with E-state index in [0.717, 1.165) is 18.6 Å². The summed E-state index contributed by atoms with van der Waals surface area (Å²) in [5, 5.41) is 2.37. The predicted molar refractivity (Wildman–Crippen MR) is 123 cm³/mol. The molecular formula is C28H26O. The van der Waals surface area contributed by atoms with Crippen LogP contribution in [0.5, 0.6) is 0 Å². The molecule has 3 aromatic carbocycles. The van der Waals surface area contributed by atoms with Crippen molar-refractivity contribution in [1.29, 1.82) is 0 Å². The van der Waals surface area contributed by atoms with E-state index in [1.165, 1.54) is 60.9 Å². The highest BCUT2D eigenvalue weighted by molar-refractivity contribution is 6.01. The zero-order valence-electron chi connectivity index (χ0n) is 17.6. The quantitative estimate of drug-likeness (QED) is 0.356. The summed E-state index contributed by atoms with van der Waals surface area (Å²) < 4.78 is 6.02. The first-order valence-corrected chi connectivity index (χ1v) is 10.5. The molecule has 144 valence electrons. The molecule has 1 heteroatoms. The Hall–Kier alpha value is -3.06. The van der Waals surface area contributed by atoms with Gasteiger partial charge >= 0.3 is 0 Å². The molecule has 0 spiro atoms. The summed E-state index contributed by atoms with van der Waals surface area (Å²) >= 11 is 0. The fourth-order valence-corrected chi connectivity index (χ4v) is 4.66.